The van der Waals surface area contributed by atoms with Crippen molar-refractivity contribution >= 4 is 22.0 Å². The van der Waals surface area contributed by atoms with Crippen LogP contribution in [0.3, 0.4) is 0 Å². The number of halogens is 1. The molecule has 0 spiro atoms. The van der Waals surface area contributed by atoms with E-state index in [0.717, 1.165) is 4.47 Å². The Morgan fingerprint density at radius 1 is 0.941 bits per heavy atom. The Balaban J connectivity index is 2.14. The zero-order chi connectivity index (χ0) is 12.1. The first kappa shape index (κ1) is 12.1. The van der Waals surface area contributed by atoms with Crippen LogP contribution in [0.4, 0.5) is 0 Å². The minimum Gasteiger partial charge on any atom is -0.0767 e. The van der Waals surface area contributed by atoms with Crippen molar-refractivity contribution in [3.05, 3.63) is 76.3 Å². The highest BCUT2D eigenvalue weighted by molar-refractivity contribution is 9.10. The Morgan fingerprint density at radius 2 is 1.59 bits per heavy atom. The molecule has 2 aromatic rings. The normalized spacial score (nSPS) is 12.8. The highest BCUT2D eigenvalue weighted by atomic mass is 79.9. The molecule has 0 amide bonds. The Kier molecular flexibility index (Phi) is 4.16. The van der Waals surface area contributed by atoms with Crippen molar-refractivity contribution < 1.29 is 0 Å². The lowest BCUT2D eigenvalue weighted by molar-refractivity contribution is 0.973. The van der Waals surface area contributed by atoms with E-state index < -0.39 is 0 Å². The summed E-state index contributed by atoms with van der Waals surface area (Å²) >= 11 is 3.55. The van der Waals surface area contributed by atoms with Crippen molar-refractivity contribution in [1.82, 2.24) is 0 Å². The number of benzene rings is 2. The van der Waals surface area contributed by atoms with Crippen LogP contribution < -0.4 is 0 Å². The van der Waals surface area contributed by atoms with Crippen molar-refractivity contribution in [2.45, 2.75) is 12.8 Å². The van der Waals surface area contributed by atoms with Gasteiger partial charge in [-0.1, -0.05) is 83.5 Å². The first-order valence-electron chi connectivity index (χ1n) is 5.75. The number of allylic oxidation sites excluding steroid dienone is 1. The van der Waals surface area contributed by atoms with E-state index in [1.165, 1.54) is 11.1 Å². The zero-order valence-electron chi connectivity index (χ0n) is 9.81. The summed E-state index contributed by atoms with van der Waals surface area (Å²) in [5, 5.41) is 0. The van der Waals surface area contributed by atoms with E-state index in [9.17, 15) is 0 Å². The van der Waals surface area contributed by atoms with Gasteiger partial charge in [0.1, 0.15) is 0 Å². The molecule has 0 aliphatic rings. The predicted molar refractivity (Wildman–Crippen MR) is 78.0 cm³/mol. The van der Waals surface area contributed by atoms with Crippen LogP contribution in [-0.4, -0.2) is 0 Å². The smallest absolute Gasteiger partial charge is 0.0247 e. The van der Waals surface area contributed by atoms with Crippen LogP contribution >= 0.6 is 15.9 Å². The van der Waals surface area contributed by atoms with Gasteiger partial charge in [-0.15, -0.1) is 0 Å². The highest BCUT2D eigenvalue weighted by Gasteiger charge is 2.00. The third-order valence-electron chi connectivity index (χ3n) is 2.80. The SMILES string of the molecule is CC(/C=C/c1ccccc1Br)c1ccccc1. The summed E-state index contributed by atoms with van der Waals surface area (Å²) in [7, 11) is 0. The largest absolute Gasteiger partial charge is 0.0767 e. The molecule has 2 aromatic carbocycles. The third kappa shape index (κ3) is 3.31. The van der Waals surface area contributed by atoms with E-state index in [1.54, 1.807) is 0 Å². The van der Waals surface area contributed by atoms with Crippen LogP contribution in [0, 0.1) is 0 Å². The summed E-state index contributed by atoms with van der Waals surface area (Å²) in [6.45, 7) is 2.21. The molecule has 86 valence electrons. The molecule has 1 unspecified atom stereocenters. The summed E-state index contributed by atoms with van der Waals surface area (Å²) in [4.78, 5) is 0. The molecule has 0 saturated carbocycles. The van der Waals surface area contributed by atoms with Gasteiger partial charge in [0.15, 0.2) is 0 Å². The quantitative estimate of drug-likeness (QED) is 0.721. The first-order valence-corrected chi connectivity index (χ1v) is 6.54. The Hall–Kier alpha value is -1.34. The second kappa shape index (κ2) is 5.83. The summed E-state index contributed by atoms with van der Waals surface area (Å²) in [5.41, 5.74) is 2.56. The molecule has 0 N–H and O–H groups in total. The molecule has 2 rings (SSSR count). The number of hydrogen-bond acceptors (Lipinski definition) is 0. The number of rotatable bonds is 3. The van der Waals surface area contributed by atoms with Gasteiger partial charge in [-0.05, 0) is 23.1 Å². The average Bonchev–Trinajstić information content (AvgIpc) is 2.38. The predicted octanol–water partition coefficient (Wildman–Crippen LogP) is 5.27. The molecular formula is C16H15Br. The Labute approximate surface area is 111 Å². The molecule has 0 bridgehead atoms. The molecule has 1 heteroatoms. The summed E-state index contributed by atoms with van der Waals surface area (Å²) < 4.78 is 1.14. The van der Waals surface area contributed by atoms with Crippen molar-refractivity contribution in [2.24, 2.45) is 0 Å². The monoisotopic (exact) mass is 286 g/mol. The maximum absolute atomic E-state index is 3.55. The van der Waals surface area contributed by atoms with Crippen molar-refractivity contribution in [2.75, 3.05) is 0 Å². The maximum Gasteiger partial charge on any atom is 0.0247 e. The van der Waals surface area contributed by atoms with Crippen molar-refractivity contribution in [1.29, 1.82) is 0 Å². The molecule has 0 aliphatic heterocycles. The van der Waals surface area contributed by atoms with Crippen LogP contribution in [0.2, 0.25) is 0 Å². The summed E-state index contributed by atoms with van der Waals surface area (Å²) in [6.07, 6.45) is 4.40. The molecule has 0 nitrogen and oxygen atoms in total. The van der Waals surface area contributed by atoms with E-state index in [4.69, 9.17) is 0 Å². The van der Waals surface area contributed by atoms with Crippen molar-refractivity contribution in [3.8, 4) is 0 Å². The minimum absolute atomic E-state index is 0.434. The molecule has 0 radical (unpaired) electrons. The topological polar surface area (TPSA) is 0 Å². The van der Waals surface area contributed by atoms with Crippen LogP contribution in [0.1, 0.15) is 24.0 Å². The van der Waals surface area contributed by atoms with Gasteiger partial charge >= 0.3 is 0 Å². The Bertz CT molecular complexity index is 500. The van der Waals surface area contributed by atoms with Gasteiger partial charge in [-0.3, -0.25) is 0 Å². The van der Waals surface area contributed by atoms with Gasteiger partial charge in [0, 0.05) is 4.47 Å². The standard InChI is InChI=1S/C16H15Br/c1-13(14-7-3-2-4-8-14)11-12-15-9-5-6-10-16(15)17/h2-13H,1H3/b12-11+. The molecule has 0 fully saturated rings. The lowest BCUT2D eigenvalue weighted by atomic mass is 10.00. The van der Waals surface area contributed by atoms with Crippen LogP contribution in [0.5, 0.6) is 0 Å². The molecule has 0 heterocycles. The molecule has 17 heavy (non-hydrogen) atoms. The van der Waals surface area contributed by atoms with Crippen molar-refractivity contribution in [3.63, 3.8) is 0 Å². The fraction of sp³-hybridized carbons (Fsp3) is 0.125. The Morgan fingerprint density at radius 3 is 2.29 bits per heavy atom. The van der Waals surface area contributed by atoms with Crippen LogP contribution in [0.15, 0.2) is 65.1 Å². The van der Waals surface area contributed by atoms with E-state index in [2.05, 4.69) is 77.5 Å². The second-order valence-electron chi connectivity index (χ2n) is 4.08. The van der Waals surface area contributed by atoms with Crippen LogP contribution in [0.25, 0.3) is 6.08 Å². The lowest BCUT2D eigenvalue weighted by Crippen LogP contribution is -1.87. The van der Waals surface area contributed by atoms with E-state index in [0.29, 0.717) is 5.92 Å². The maximum atomic E-state index is 3.55. The van der Waals surface area contributed by atoms with Gasteiger partial charge < -0.3 is 0 Å². The minimum atomic E-state index is 0.434. The van der Waals surface area contributed by atoms with Gasteiger partial charge in [0.2, 0.25) is 0 Å². The summed E-state index contributed by atoms with van der Waals surface area (Å²) in [6, 6.07) is 18.8. The van der Waals surface area contributed by atoms with E-state index in [1.807, 2.05) is 12.1 Å². The first-order chi connectivity index (χ1) is 8.27. The summed E-state index contributed by atoms with van der Waals surface area (Å²) in [5.74, 6) is 0.434. The van der Waals surface area contributed by atoms with Gasteiger partial charge in [0.05, 0.1) is 0 Å². The molecule has 1 atom stereocenters. The molecule has 0 aliphatic carbocycles. The van der Waals surface area contributed by atoms with Gasteiger partial charge in [-0.25, -0.2) is 0 Å². The highest BCUT2D eigenvalue weighted by Crippen LogP contribution is 2.21. The van der Waals surface area contributed by atoms with Gasteiger partial charge in [-0.2, -0.15) is 0 Å². The zero-order valence-corrected chi connectivity index (χ0v) is 11.4. The average molecular weight is 287 g/mol. The van der Waals surface area contributed by atoms with E-state index >= 15 is 0 Å². The van der Waals surface area contributed by atoms with Gasteiger partial charge in [0.25, 0.3) is 0 Å². The molecule has 0 aromatic heterocycles. The number of hydrogen-bond donors (Lipinski definition) is 0. The molecular weight excluding hydrogens is 272 g/mol. The molecule has 0 saturated heterocycles. The van der Waals surface area contributed by atoms with E-state index in [-0.39, 0.29) is 0 Å². The second-order valence-corrected chi connectivity index (χ2v) is 4.93. The fourth-order valence-electron chi connectivity index (χ4n) is 1.73. The third-order valence-corrected chi connectivity index (χ3v) is 3.52. The fourth-order valence-corrected chi connectivity index (χ4v) is 2.14. The van der Waals surface area contributed by atoms with Crippen LogP contribution in [-0.2, 0) is 0 Å². The lowest BCUT2D eigenvalue weighted by Gasteiger charge is -2.06.